The zero-order valence-electron chi connectivity index (χ0n) is 11.6. The molecule has 2 N–H and O–H groups in total. The summed E-state index contributed by atoms with van der Waals surface area (Å²) in [6.07, 6.45) is 4.46. The topological polar surface area (TPSA) is 47.1 Å². The minimum atomic E-state index is 0. The fourth-order valence-electron chi connectivity index (χ4n) is 2.58. The quantitative estimate of drug-likeness (QED) is 0.911. The van der Waals surface area contributed by atoms with Gasteiger partial charge in [0.25, 0.3) is 0 Å². The molecular formula is C13H25ClN4. The molecule has 5 heteroatoms. The first kappa shape index (κ1) is 15.5. The zero-order chi connectivity index (χ0) is 12.4. The molecule has 0 amide bonds. The monoisotopic (exact) mass is 272 g/mol. The van der Waals surface area contributed by atoms with E-state index in [1.165, 1.54) is 37.2 Å². The summed E-state index contributed by atoms with van der Waals surface area (Å²) in [5.41, 5.74) is 8.59. The average Bonchev–Trinajstić information content (AvgIpc) is 2.62. The van der Waals surface area contributed by atoms with Crippen LogP contribution >= 0.6 is 12.4 Å². The van der Waals surface area contributed by atoms with Crippen molar-refractivity contribution < 1.29 is 0 Å². The highest BCUT2D eigenvalue weighted by Crippen LogP contribution is 2.21. The fraction of sp³-hybridized carbons (Fsp3) is 0.769. The summed E-state index contributed by atoms with van der Waals surface area (Å²) in [7, 11) is 2.00. The maximum absolute atomic E-state index is 5.96. The first-order valence-corrected chi connectivity index (χ1v) is 6.53. The van der Waals surface area contributed by atoms with Crippen LogP contribution in [0.2, 0.25) is 0 Å². The van der Waals surface area contributed by atoms with Crippen molar-refractivity contribution in [2.45, 2.75) is 39.3 Å². The van der Waals surface area contributed by atoms with E-state index in [9.17, 15) is 0 Å². The molecule has 104 valence electrons. The molecule has 0 spiro atoms. The van der Waals surface area contributed by atoms with E-state index in [2.05, 4.69) is 23.8 Å². The predicted molar refractivity (Wildman–Crippen MR) is 76.8 cm³/mol. The van der Waals surface area contributed by atoms with Crippen LogP contribution in [-0.4, -0.2) is 33.8 Å². The molecule has 1 aromatic heterocycles. The predicted octanol–water partition coefficient (Wildman–Crippen LogP) is 1.71. The molecule has 1 aromatic rings. The summed E-state index contributed by atoms with van der Waals surface area (Å²) in [6, 6.07) is 0.345. The van der Waals surface area contributed by atoms with E-state index < -0.39 is 0 Å². The number of aromatic nitrogens is 2. The molecule has 0 bridgehead atoms. The highest BCUT2D eigenvalue weighted by Gasteiger charge is 2.22. The Morgan fingerprint density at radius 2 is 2.06 bits per heavy atom. The zero-order valence-corrected chi connectivity index (χ0v) is 12.4. The summed E-state index contributed by atoms with van der Waals surface area (Å²) in [6.45, 7) is 7.63. The van der Waals surface area contributed by atoms with Gasteiger partial charge in [-0.15, -0.1) is 12.4 Å². The van der Waals surface area contributed by atoms with Gasteiger partial charge < -0.3 is 5.73 Å². The summed E-state index contributed by atoms with van der Waals surface area (Å²) in [4.78, 5) is 2.52. The summed E-state index contributed by atoms with van der Waals surface area (Å²) in [5.74, 6) is 0.709. The van der Waals surface area contributed by atoms with Crippen molar-refractivity contribution in [3.05, 3.63) is 17.5 Å². The van der Waals surface area contributed by atoms with Crippen molar-refractivity contribution >= 4 is 12.4 Å². The molecular weight excluding hydrogens is 248 g/mol. The van der Waals surface area contributed by atoms with Gasteiger partial charge in [0.1, 0.15) is 0 Å². The number of hydrogen-bond donors (Lipinski definition) is 1. The first-order chi connectivity index (χ1) is 8.08. The Morgan fingerprint density at radius 3 is 2.50 bits per heavy atom. The van der Waals surface area contributed by atoms with Gasteiger partial charge in [0.05, 0.1) is 6.20 Å². The lowest BCUT2D eigenvalue weighted by Gasteiger charge is -2.33. The van der Waals surface area contributed by atoms with Crippen LogP contribution in [0.3, 0.4) is 0 Å². The lowest BCUT2D eigenvalue weighted by atomic mass is 9.91. The first-order valence-electron chi connectivity index (χ1n) is 6.53. The Labute approximate surface area is 116 Å². The Hall–Kier alpha value is -0.580. The lowest BCUT2D eigenvalue weighted by Crippen LogP contribution is -2.39. The molecule has 2 heterocycles. The van der Waals surface area contributed by atoms with Crippen LogP contribution in [0.4, 0.5) is 0 Å². The molecule has 0 saturated carbocycles. The largest absolute Gasteiger partial charge is 0.328 e. The normalized spacial score (nSPS) is 19.6. The van der Waals surface area contributed by atoms with E-state index in [1.807, 2.05) is 17.9 Å². The number of hydrogen-bond acceptors (Lipinski definition) is 3. The average molecular weight is 273 g/mol. The van der Waals surface area contributed by atoms with E-state index in [1.54, 1.807) is 0 Å². The van der Waals surface area contributed by atoms with E-state index in [0.29, 0.717) is 12.0 Å². The Morgan fingerprint density at radius 1 is 1.44 bits per heavy atom. The molecule has 1 aliphatic rings. The number of halogens is 1. The van der Waals surface area contributed by atoms with Gasteiger partial charge in [-0.1, -0.05) is 0 Å². The number of piperidine rings is 1. The lowest BCUT2D eigenvalue weighted by molar-refractivity contribution is 0.165. The van der Waals surface area contributed by atoms with Gasteiger partial charge in [-0.3, -0.25) is 9.58 Å². The minimum Gasteiger partial charge on any atom is -0.328 e. The molecule has 1 aliphatic heterocycles. The number of likely N-dealkylation sites (tertiary alicyclic amines) is 1. The molecule has 2 rings (SSSR count). The third-order valence-electron chi connectivity index (χ3n) is 4.11. The number of aryl methyl sites for hydroxylation is 1. The van der Waals surface area contributed by atoms with Crippen LogP contribution in [0.1, 0.15) is 31.0 Å². The molecule has 0 radical (unpaired) electrons. The van der Waals surface area contributed by atoms with Gasteiger partial charge in [0.2, 0.25) is 0 Å². The molecule has 1 unspecified atom stereocenters. The minimum absolute atomic E-state index is 0. The van der Waals surface area contributed by atoms with Gasteiger partial charge in [0, 0.05) is 30.9 Å². The summed E-state index contributed by atoms with van der Waals surface area (Å²) < 4.78 is 1.95. The van der Waals surface area contributed by atoms with Crippen molar-refractivity contribution in [1.82, 2.24) is 14.7 Å². The number of nitrogens with zero attached hydrogens (tertiary/aromatic N) is 3. The Balaban J connectivity index is 0.00000162. The molecule has 1 atom stereocenters. The van der Waals surface area contributed by atoms with E-state index in [4.69, 9.17) is 5.73 Å². The van der Waals surface area contributed by atoms with Crippen molar-refractivity contribution in [1.29, 1.82) is 0 Å². The molecule has 0 aromatic carbocycles. The van der Waals surface area contributed by atoms with Gasteiger partial charge in [-0.05, 0) is 45.7 Å². The maximum Gasteiger partial charge on any atom is 0.0537 e. The number of rotatable bonds is 3. The number of nitrogens with two attached hydrogens (primary N) is 1. The smallest absolute Gasteiger partial charge is 0.0537 e. The van der Waals surface area contributed by atoms with Gasteiger partial charge >= 0.3 is 0 Å². The van der Waals surface area contributed by atoms with Crippen molar-refractivity contribution in [3.63, 3.8) is 0 Å². The van der Waals surface area contributed by atoms with Crippen molar-refractivity contribution in [2.75, 3.05) is 13.1 Å². The van der Waals surface area contributed by atoms with Crippen molar-refractivity contribution in [2.24, 2.45) is 18.7 Å². The van der Waals surface area contributed by atoms with Crippen LogP contribution in [0.15, 0.2) is 6.20 Å². The molecule has 1 fully saturated rings. The van der Waals surface area contributed by atoms with Crippen LogP contribution in [0, 0.1) is 12.8 Å². The maximum atomic E-state index is 5.96. The van der Waals surface area contributed by atoms with E-state index in [0.717, 1.165) is 6.54 Å². The third kappa shape index (κ3) is 3.46. The van der Waals surface area contributed by atoms with Crippen LogP contribution in [-0.2, 0) is 13.6 Å². The Bertz CT molecular complexity index is 367. The molecule has 4 nitrogen and oxygen atoms in total. The highest BCUT2D eigenvalue weighted by molar-refractivity contribution is 5.85. The summed E-state index contributed by atoms with van der Waals surface area (Å²) in [5, 5.41) is 4.29. The molecule has 18 heavy (non-hydrogen) atoms. The third-order valence-corrected chi connectivity index (χ3v) is 4.11. The van der Waals surface area contributed by atoms with E-state index >= 15 is 0 Å². The van der Waals surface area contributed by atoms with Gasteiger partial charge in [-0.2, -0.15) is 5.10 Å². The summed E-state index contributed by atoms with van der Waals surface area (Å²) >= 11 is 0. The van der Waals surface area contributed by atoms with Crippen LogP contribution < -0.4 is 5.73 Å². The van der Waals surface area contributed by atoms with E-state index in [-0.39, 0.29) is 12.4 Å². The van der Waals surface area contributed by atoms with Gasteiger partial charge in [-0.25, -0.2) is 0 Å². The van der Waals surface area contributed by atoms with Gasteiger partial charge in [0.15, 0.2) is 0 Å². The molecule has 1 saturated heterocycles. The van der Waals surface area contributed by atoms with Crippen molar-refractivity contribution in [3.8, 4) is 0 Å². The Kier molecular flexibility index (Phi) is 5.63. The standard InChI is InChI=1S/C13H24N4.ClH/c1-10(14)12-4-6-17(7-5-12)9-13-8-15-16(3)11(13)2;/h8,10,12H,4-7,9,14H2,1-3H3;1H. The second kappa shape index (κ2) is 6.55. The second-order valence-corrected chi connectivity index (χ2v) is 5.35. The second-order valence-electron chi connectivity index (χ2n) is 5.35. The highest BCUT2D eigenvalue weighted by atomic mass is 35.5. The molecule has 0 aliphatic carbocycles. The SMILES string of the molecule is Cc1c(CN2CCC(C(C)N)CC2)cnn1C.Cl. The van der Waals surface area contributed by atoms with Crippen LogP contribution in [0.25, 0.3) is 0 Å². The van der Waals surface area contributed by atoms with Crippen LogP contribution in [0.5, 0.6) is 0 Å². The fourth-order valence-corrected chi connectivity index (χ4v) is 2.58.